The van der Waals surface area contributed by atoms with Gasteiger partial charge in [-0.15, -0.1) is 0 Å². The lowest BCUT2D eigenvalue weighted by molar-refractivity contribution is 0.770. The molecule has 0 aliphatic carbocycles. The predicted molar refractivity (Wildman–Crippen MR) is 81.8 cm³/mol. The lowest BCUT2D eigenvalue weighted by Crippen LogP contribution is -2.13. The van der Waals surface area contributed by atoms with Crippen molar-refractivity contribution in [3.63, 3.8) is 0 Å². The van der Waals surface area contributed by atoms with Crippen molar-refractivity contribution in [2.24, 2.45) is 0 Å². The van der Waals surface area contributed by atoms with Crippen LogP contribution >= 0.6 is 0 Å². The van der Waals surface area contributed by atoms with E-state index in [0.717, 1.165) is 0 Å². The molecule has 0 amide bonds. The molecule has 0 saturated carbocycles. The van der Waals surface area contributed by atoms with Gasteiger partial charge in [0.25, 0.3) is 0 Å². The fourth-order valence-corrected chi connectivity index (χ4v) is 3.35. The Balaban J connectivity index is 2.18. The topological polar surface area (TPSA) is 12.0 Å². The first kappa shape index (κ1) is 13.1. The summed E-state index contributed by atoms with van der Waals surface area (Å²) in [6, 6.07) is 23.1. The first-order valence-corrected chi connectivity index (χ1v) is 8.37. The van der Waals surface area contributed by atoms with E-state index in [1.165, 1.54) is 23.6 Å². The first-order valence-electron chi connectivity index (χ1n) is 6.66. The summed E-state index contributed by atoms with van der Waals surface area (Å²) in [6.45, 7) is 0. The van der Waals surface area contributed by atoms with Gasteiger partial charge in [-0.05, 0) is 30.6 Å². The molecular weight excluding hydrogens is 234 g/mol. The van der Waals surface area contributed by atoms with Gasteiger partial charge in [0.15, 0.2) is 0 Å². The molecule has 0 aliphatic heterocycles. The van der Waals surface area contributed by atoms with Gasteiger partial charge in [-0.1, -0.05) is 60.7 Å². The Morgan fingerprint density at radius 1 is 0.889 bits per heavy atom. The van der Waals surface area contributed by atoms with Gasteiger partial charge in [0.1, 0.15) is 0 Å². The summed E-state index contributed by atoms with van der Waals surface area (Å²) in [5, 5.41) is 0. The van der Waals surface area contributed by atoms with E-state index in [1.54, 1.807) is 0 Å². The molecule has 94 valence electrons. The molecular formula is C16H21NSi. The maximum atomic E-state index is 3.36. The summed E-state index contributed by atoms with van der Waals surface area (Å²) in [7, 11) is 1.99. The van der Waals surface area contributed by atoms with Crippen molar-refractivity contribution in [3.8, 4) is 0 Å². The van der Waals surface area contributed by atoms with Crippen LogP contribution in [0, 0.1) is 0 Å². The quantitative estimate of drug-likeness (QED) is 0.618. The van der Waals surface area contributed by atoms with Crippen LogP contribution in [0.2, 0.25) is 6.04 Å². The third-order valence-corrected chi connectivity index (χ3v) is 4.59. The highest BCUT2D eigenvalue weighted by molar-refractivity contribution is 6.31. The van der Waals surface area contributed by atoms with Crippen LogP contribution in [0.25, 0.3) is 0 Å². The molecule has 0 saturated heterocycles. The zero-order chi connectivity index (χ0) is 12.6. The summed E-state index contributed by atoms with van der Waals surface area (Å²) in [6.07, 6.45) is 1.25. The molecule has 18 heavy (non-hydrogen) atoms. The highest BCUT2D eigenvalue weighted by atomic mass is 28.2. The van der Waals surface area contributed by atoms with Gasteiger partial charge >= 0.3 is 0 Å². The standard InChI is InChI=1S/C16H21NSi/c1-17-18-13-12-16(14-8-4-2-5-9-14)15-10-6-3-7-11-15/h2-11,16-17H,12-13,18H2,1H3. The Labute approximate surface area is 112 Å². The lowest BCUT2D eigenvalue weighted by atomic mass is 9.89. The minimum Gasteiger partial charge on any atom is -0.345 e. The fourth-order valence-electron chi connectivity index (χ4n) is 2.38. The maximum absolute atomic E-state index is 3.36. The molecule has 0 atom stereocenters. The molecule has 1 nitrogen and oxygen atoms in total. The largest absolute Gasteiger partial charge is 0.345 e. The SMILES string of the molecule is CN[SiH2]CCC(c1ccccc1)c1ccccc1. The Hall–Kier alpha value is -1.38. The Morgan fingerprint density at radius 3 is 1.83 bits per heavy atom. The summed E-state index contributed by atoms with van der Waals surface area (Å²) in [4.78, 5) is 3.36. The summed E-state index contributed by atoms with van der Waals surface area (Å²) in [5.74, 6) is 0.549. The van der Waals surface area contributed by atoms with Gasteiger partial charge in [0.2, 0.25) is 0 Å². The third-order valence-electron chi connectivity index (χ3n) is 3.32. The van der Waals surface area contributed by atoms with E-state index in [9.17, 15) is 0 Å². The highest BCUT2D eigenvalue weighted by Crippen LogP contribution is 2.28. The monoisotopic (exact) mass is 255 g/mol. The molecule has 2 aromatic rings. The van der Waals surface area contributed by atoms with Gasteiger partial charge in [0, 0.05) is 5.92 Å². The van der Waals surface area contributed by atoms with Crippen LogP contribution in [0.5, 0.6) is 0 Å². The van der Waals surface area contributed by atoms with Gasteiger partial charge in [-0.3, -0.25) is 0 Å². The van der Waals surface area contributed by atoms with Crippen molar-refractivity contribution >= 4 is 9.68 Å². The molecule has 0 heterocycles. The van der Waals surface area contributed by atoms with Crippen molar-refractivity contribution in [3.05, 3.63) is 71.8 Å². The van der Waals surface area contributed by atoms with E-state index in [4.69, 9.17) is 0 Å². The number of hydrogen-bond donors (Lipinski definition) is 1. The number of benzene rings is 2. The Kier molecular flexibility index (Phi) is 5.18. The van der Waals surface area contributed by atoms with Crippen LogP contribution < -0.4 is 4.98 Å². The maximum Gasteiger partial charge on any atom is 0.0913 e. The highest BCUT2D eigenvalue weighted by Gasteiger charge is 2.12. The average molecular weight is 255 g/mol. The molecule has 2 heteroatoms. The van der Waals surface area contributed by atoms with Gasteiger partial charge in [-0.25, -0.2) is 0 Å². The third kappa shape index (κ3) is 3.55. The van der Waals surface area contributed by atoms with Crippen molar-refractivity contribution in [1.29, 1.82) is 0 Å². The van der Waals surface area contributed by atoms with Crippen LogP contribution in [-0.4, -0.2) is 16.7 Å². The van der Waals surface area contributed by atoms with E-state index in [0.29, 0.717) is 5.92 Å². The predicted octanol–water partition coefficient (Wildman–Crippen LogP) is 2.93. The molecule has 0 radical (unpaired) electrons. The molecule has 2 rings (SSSR count). The van der Waals surface area contributed by atoms with Crippen LogP contribution in [0.4, 0.5) is 0 Å². The Bertz CT molecular complexity index is 402. The summed E-state index contributed by atoms with van der Waals surface area (Å²) < 4.78 is 0. The molecule has 0 bridgehead atoms. The van der Waals surface area contributed by atoms with E-state index in [-0.39, 0.29) is 9.68 Å². The number of nitrogens with one attached hydrogen (secondary N) is 1. The van der Waals surface area contributed by atoms with Crippen molar-refractivity contribution in [1.82, 2.24) is 4.98 Å². The minimum absolute atomic E-state index is 0.0809. The fraction of sp³-hybridized carbons (Fsp3) is 0.250. The van der Waals surface area contributed by atoms with Crippen LogP contribution in [0.15, 0.2) is 60.7 Å². The van der Waals surface area contributed by atoms with Gasteiger partial charge < -0.3 is 4.98 Å². The molecule has 0 spiro atoms. The second kappa shape index (κ2) is 7.14. The smallest absolute Gasteiger partial charge is 0.0913 e. The second-order valence-electron chi connectivity index (χ2n) is 4.62. The van der Waals surface area contributed by atoms with Crippen LogP contribution in [0.1, 0.15) is 23.5 Å². The lowest BCUT2D eigenvalue weighted by Gasteiger charge is -2.17. The van der Waals surface area contributed by atoms with Crippen molar-refractivity contribution < 1.29 is 0 Å². The zero-order valence-electron chi connectivity index (χ0n) is 11.0. The van der Waals surface area contributed by atoms with E-state index >= 15 is 0 Å². The van der Waals surface area contributed by atoms with Gasteiger partial charge in [0.05, 0.1) is 9.68 Å². The number of rotatable bonds is 6. The van der Waals surface area contributed by atoms with Crippen molar-refractivity contribution in [2.45, 2.75) is 18.4 Å². The van der Waals surface area contributed by atoms with E-state index in [2.05, 4.69) is 72.7 Å². The van der Waals surface area contributed by atoms with E-state index in [1.807, 2.05) is 0 Å². The van der Waals surface area contributed by atoms with Crippen LogP contribution in [-0.2, 0) is 0 Å². The average Bonchev–Trinajstić information content (AvgIpc) is 2.46. The summed E-state index contributed by atoms with van der Waals surface area (Å²) >= 11 is 0. The van der Waals surface area contributed by atoms with Crippen molar-refractivity contribution in [2.75, 3.05) is 7.05 Å². The second-order valence-corrected chi connectivity index (χ2v) is 6.53. The first-order chi connectivity index (χ1) is 8.92. The normalized spacial score (nSPS) is 11.4. The molecule has 0 unspecified atom stereocenters. The Morgan fingerprint density at radius 2 is 1.39 bits per heavy atom. The minimum atomic E-state index is -0.0809. The summed E-state index contributed by atoms with van der Waals surface area (Å²) in [5.41, 5.74) is 2.88. The molecule has 0 aromatic heterocycles. The zero-order valence-corrected chi connectivity index (χ0v) is 12.4. The molecule has 0 aliphatic rings. The van der Waals surface area contributed by atoms with E-state index < -0.39 is 0 Å². The van der Waals surface area contributed by atoms with Crippen LogP contribution in [0.3, 0.4) is 0 Å². The molecule has 0 fully saturated rings. The van der Waals surface area contributed by atoms with Gasteiger partial charge in [-0.2, -0.15) is 0 Å². The number of hydrogen-bond acceptors (Lipinski definition) is 1. The molecule has 1 N–H and O–H groups in total. The molecule has 2 aromatic carbocycles.